The van der Waals surface area contributed by atoms with Crippen LogP contribution >= 0.6 is 0 Å². The molecular formula is C7H15N3O. The Kier molecular flexibility index (Phi) is 2.09. The highest BCUT2D eigenvalue weighted by Gasteiger charge is 2.28. The Morgan fingerprint density at radius 3 is 3.18 bits per heavy atom. The number of hydrazine groups is 1. The van der Waals surface area contributed by atoms with Gasteiger partial charge >= 0.3 is 0 Å². The first kappa shape index (κ1) is 7.49. The van der Waals surface area contributed by atoms with Crippen LogP contribution in [-0.4, -0.2) is 42.4 Å². The average molecular weight is 157 g/mol. The highest BCUT2D eigenvalue weighted by molar-refractivity contribution is 4.77. The minimum atomic E-state index is 0.544. The smallest absolute Gasteiger partial charge is 0.0685 e. The molecule has 0 radical (unpaired) electrons. The van der Waals surface area contributed by atoms with Gasteiger partial charge in [0, 0.05) is 25.7 Å². The molecule has 2 N–H and O–H groups in total. The molecule has 4 heteroatoms. The van der Waals surface area contributed by atoms with Gasteiger partial charge in [0.25, 0.3) is 0 Å². The van der Waals surface area contributed by atoms with Crippen molar-refractivity contribution in [3.8, 4) is 0 Å². The van der Waals surface area contributed by atoms with Crippen molar-refractivity contribution in [1.29, 1.82) is 0 Å². The molecule has 0 amide bonds. The molecule has 2 aliphatic rings. The van der Waals surface area contributed by atoms with Gasteiger partial charge in [-0.15, -0.1) is 0 Å². The van der Waals surface area contributed by atoms with E-state index in [1.807, 2.05) is 5.01 Å². The molecule has 2 saturated heterocycles. The Morgan fingerprint density at radius 1 is 1.36 bits per heavy atom. The highest BCUT2D eigenvalue weighted by Crippen LogP contribution is 2.17. The van der Waals surface area contributed by atoms with Gasteiger partial charge in [-0.3, -0.25) is 10.7 Å². The van der Waals surface area contributed by atoms with Crippen molar-refractivity contribution in [2.45, 2.75) is 18.9 Å². The van der Waals surface area contributed by atoms with E-state index in [1.54, 1.807) is 0 Å². The molecule has 0 spiro atoms. The maximum Gasteiger partial charge on any atom is 0.0685 e. The van der Waals surface area contributed by atoms with Crippen molar-refractivity contribution in [3.05, 3.63) is 0 Å². The van der Waals surface area contributed by atoms with Crippen LogP contribution < -0.4 is 5.84 Å². The zero-order valence-corrected chi connectivity index (χ0v) is 6.70. The third-order valence-corrected chi connectivity index (χ3v) is 2.40. The van der Waals surface area contributed by atoms with Crippen molar-refractivity contribution < 1.29 is 4.84 Å². The number of fused-ring (bicyclic) bond motifs is 1. The Hall–Kier alpha value is -0.160. The van der Waals surface area contributed by atoms with E-state index in [-0.39, 0.29) is 0 Å². The summed E-state index contributed by atoms with van der Waals surface area (Å²) >= 11 is 0. The van der Waals surface area contributed by atoms with E-state index in [4.69, 9.17) is 10.7 Å². The number of hydrogen-bond acceptors (Lipinski definition) is 4. The first-order valence-corrected chi connectivity index (χ1v) is 4.25. The zero-order chi connectivity index (χ0) is 7.68. The van der Waals surface area contributed by atoms with Crippen LogP contribution in [0.3, 0.4) is 0 Å². The highest BCUT2D eigenvalue weighted by atomic mass is 16.7. The molecule has 0 aliphatic carbocycles. The summed E-state index contributed by atoms with van der Waals surface area (Å²) in [7, 11) is 0. The summed E-state index contributed by atoms with van der Waals surface area (Å²) in [5, 5.41) is 3.97. The first-order valence-electron chi connectivity index (χ1n) is 4.25. The second-order valence-electron chi connectivity index (χ2n) is 3.26. The van der Waals surface area contributed by atoms with Crippen LogP contribution in [0.2, 0.25) is 0 Å². The van der Waals surface area contributed by atoms with Crippen LogP contribution in [0.5, 0.6) is 0 Å². The van der Waals surface area contributed by atoms with Gasteiger partial charge in [0.2, 0.25) is 0 Å². The lowest BCUT2D eigenvalue weighted by molar-refractivity contribution is -0.229. The zero-order valence-electron chi connectivity index (χ0n) is 6.70. The standard InChI is InChI=1S/C7H15N3O/c8-9-3-4-10-7(6-9)2-1-5-11-10/h7H,1-6,8H2. The molecule has 1 atom stereocenters. The molecule has 1 unspecified atom stereocenters. The molecule has 0 bridgehead atoms. The van der Waals surface area contributed by atoms with E-state index in [0.29, 0.717) is 6.04 Å². The van der Waals surface area contributed by atoms with Crippen molar-refractivity contribution in [2.75, 3.05) is 26.2 Å². The topological polar surface area (TPSA) is 41.7 Å². The molecule has 11 heavy (non-hydrogen) atoms. The molecule has 2 heterocycles. The second kappa shape index (κ2) is 3.06. The molecule has 4 nitrogen and oxygen atoms in total. The average Bonchev–Trinajstić information content (AvgIpc) is 2.04. The van der Waals surface area contributed by atoms with E-state index < -0.39 is 0 Å². The summed E-state index contributed by atoms with van der Waals surface area (Å²) in [5.74, 6) is 5.69. The normalized spacial score (nSPS) is 35.2. The van der Waals surface area contributed by atoms with E-state index in [1.165, 1.54) is 12.8 Å². The lowest BCUT2D eigenvalue weighted by Gasteiger charge is -2.41. The van der Waals surface area contributed by atoms with Gasteiger partial charge < -0.3 is 0 Å². The molecule has 2 fully saturated rings. The molecule has 0 aromatic heterocycles. The number of hydroxylamine groups is 2. The molecular weight excluding hydrogens is 142 g/mol. The molecule has 2 aliphatic heterocycles. The Balaban J connectivity index is 1.93. The number of piperazine rings is 1. The van der Waals surface area contributed by atoms with E-state index >= 15 is 0 Å². The van der Waals surface area contributed by atoms with Crippen LogP contribution in [-0.2, 0) is 4.84 Å². The third-order valence-electron chi connectivity index (χ3n) is 2.40. The van der Waals surface area contributed by atoms with Crippen molar-refractivity contribution in [3.63, 3.8) is 0 Å². The maximum absolute atomic E-state index is 5.69. The lowest BCUT2D eigenvalue weighted by atomic mass is 10.1. The molecule has 0 saturated carbocycles. The van der Waals surface area contributed by atoms with Crippen molar-refractivity contribution in [2.24, 2.45) is 5.84 Å². The molecule has 0 aromatic carbocycles. The summed E-state index contributed by atoms with van der Waals surface area (Å²) < 4.78 is 0. The summed E-state index contributed by atoms with van der Waals surface area (Å²) in [5.41, 5.74) is 0. The fourth-order valence-corrected chi connectivity index (χ4v) is 1.77. The Morgan fingerprint density at radius 2 is 2.27 bits per heavy atom. The van der Waals surface area contributed by atoms with Crippen LogP contribution in [0.25, 0.3) is 0 Å². The predicted molar refractivity (Wildman–Crippen MR) is 41.4 cm³/mol. The Labute approximate surface area is 66.8 Å². The predicted octanol–water partition coefficient (Wildman–Crippen LogP) is -0.428. The SMILES string of the molecule is NN1CCN2OCCCC2C1. The fourth-order valence-electron chi connectivity index (χ4n) is 1.77. The summed E-state index contributed by atoms with van der Waals surface area (Å²) in [6, 6.07) is 0.544. The fraction of sp³-hybridized carbons (Fsp3) is 1.00. The van der Waals surface area contributed by atoms with Crippen LogP contribution in [0.4, 0.5) is 0 Å². The summed E-state index contributed by atoms with van der Waals surface area (Å²) in [6.07, 6.45) is 2.41. The van der Waals surface area contributed by atoms with Crippen LogP contribution in [0.15, 0.2) is 0 Å². The lowest BCUT2D eigenvalue weighted by Crippen LogP contribution is -2.56. The summed E-state index contributed by atoms with van der Waals surface area (Å²) in [4.78, 5) is 5.48. The number of nitrogens with two attached hydrogens (primary N) is 1. The van der Waals surface area contributed by atoms with E-state index in [0.717, 1.165) is 26.2 Å². The first-order chi connectivity index (χ1) is 5.36. The molecule has 64 valence electrons. The van der Waals surface area contributed by atoms with Gasteiger partial charge in [-0.05, 0) is 12.8 Å². The van der Waals surface area contributed by atoms with Gasteiger partial charge in [-0.2, -0.15) is 5.06 Å². The van der Waals surface area contributed by atoms with E-state index in [2.05, 4.69) is 5.06 Å². The van der Waals surface area contributed by atoms with Gasteiger partial charge in [-0.25, -0.2) is 5.01 Å². The third kappa shape index (κ3) is 1.54. The minimum Gasteiger partial charge on any atom is -0.299 e. The van der Waals surface area contributed by atoms with Gasteiger partial charge in [-0.1, -0.05) is 0 Å². The van der Waals surface area contributed by atoms with Crippen molar-refractivity contribution in [1.82, 2.24) is 10.1 Å². The van der Waals surface area contributed by atoms with Gasteiger partial charge in [0.05, 0.1) is 6.61 Å². The van der Waals surface area contributed by atoms with Gasteiger partial charge in [0.1, 0.15) is 0 Å². The van der Waals surface area contributed by atoms with Crippen LogP contribution in [0, 0.1) is 0 Å². The van der Waals surface area contributed by atoms with Crippen molar-refractivity contribution >= 4 is 0 Å². The van der Waals surface area contributed by atoms with Gasteiger partial charge in [0.15, 0.2) is 0 Å². The number of hydrogen-bond donors (Lipinski definition) is 1. The monoisotopic (exact) mass is 157 g/mol. The van der Waals surface area contributed by atoms with Crippen LogP contribution in [0.1, 0.15) is 12.8 Å². The molecule has 2 rings (SSSR count). The number of nitrogens with zero attached hydrogens (tertiary/aromatic N) is 2. The minimum absolute atomic E-state index is 0.544. The second-order valence-corrected chi connectivity index (χ2v) is 3.26. The van der Waals surface area contributed by atoms with E-state index in [9.17, 15) is 0 Å². The largest absolute Gasteiger partial charge is 0.299 e. The summed E-state index contributed by atoms with van der Waals surface area (Å²) in [6.45, 7) is 3.73. The maximum atomic E-state index is 5.69. The Bertz CT molecular complexity index is 142. The number of rotatable bonds is 0. The quantitative estimate of drug-likeness (QED) is 0.485. The molecule has 0 aromatic rings.